The molecule has 0 amide bonds. The van der Waals surface area contributed by atoms with E-state index in [1.54, 1.807) is 23.5 Å². The van der Waals surface area contributed by atoms with Gasteiger partial charge in [-0.1, -0.05) is 11.6 Å². The second kappa shape index (κ2) is 7.24. The number of halogens is 3. The molecule has 0 fully saturated rings. The van der Waals surface area contributed by atoms with Crippen LogP contribution >= 0.6 is 38.9 Å². The van der Waals surface area contributed by atoms with E-state index in [1.807, 2.05) is 12.1 Å². The van der Waals surface area contributed by atoms with E-state index in [0.29, 0.717) is 23.4 Å². The number of thiophene rings is 1. The molecule has 0 radical (unpaired) electrons. The lowest BCUT2D eigenvalue weighted by atomic mass is 10.3. The molecular weight excluding hydrogens is 353 g/mol. The lowest BCUT2D eigenvalue weighted by Crippen LogP contribution is -2.20. The van der Waals surface area contributed by atoms with Gasteiger partial charge in [0.15, 0.2) is 0 Å². The van der Waals surface area contributed by atoms with Crippen molar-refractivity contribution in [2.75, 3.05) is 13.2 Å². The summed E-state index contributed by atoms with van der Waals surface area (Å²) in [5.74, 6) is 0.356. The molecule has 0 atom stereocenters. The van der Waals surface area contributed by atoms with Gasteiger partial charge in [0, 0.05) is 18.0 Å². The van der Waals surface area contributed by atoms with Crippen molar-refractivity contribution in [3.05, 3.63) is 49.8 Å². The van der Waals surface area contributed by atoms with Gasteiger partial charge in [-0.3, -0.25) is 0 Å². The third-order valence-corrected chi connectivity index (χ3v) is 4.21. The van der Waals surface area contributed by atoms with E-state index in [0.717, 1.165) is 10.9 Å². The van der Waals surface area contributed by atoms with Crippen molar-refractivity contribution in [2.45, 2.75) is 6.54 Å². The Morgan fingerprint density at radius 2 is 2.16 bits per heavy atom. The number of rotatable bonds is 6. The lowest BCUT2D eigenvalue weighted by Gasteiger charge is -2.07. The molecule has 0 saturated heterocycles. The van der Waals surface area contributed by atoms with Gasteiger partial charge in [0.25, 0.3) is 0 Å². The average Bonchev–Trinajstić information content (AvgIpc) is 2.79. The molecule has 0 aliphatic carbocycles. The van der Waals surface area contributed by atoms with Crippen LogP contribution in [0.5, 0.6) is 5.75 Å². The molecule has 1 heterocycles. The Morgan fingerprint density at radius 3 is 2.84 bits per heavy atom. The van der Waals surface area contributed by atoms with Gasteiger partial charge in [0.2, 0.25) is 0 Å². The molecule has 2 rings (SSSR count). The van der Waals surface area contributed by atoms with Crippen molar-refractivity contribution in [2.24, 2.45) is 0 Å². The van der Waals surface area contributed by atoms with E-state index in [-0.39, 0.29) is 5.82 Å². The molecule has 0 bridgehead atoms. The van der Waals surface area contributed by atoms with E-state index in [9.17, 15) is 4.39 Å². The molecule has 0 aliphatic heterocycles. The quantitative estimate of drug-likeness (QED) is 0.764. The molecule has 6 heteroatoms. The Morgan fingerprint density at radius 1 is 1.32 bits per heavy atom. The van der Waals surface area contributed by atoms with Gasteiger partial charge in [0.1, 0.15) is 18.2 Å². The molecule has 1 N–H and O–H groups in total. The van der Waals surface area contributed by atoms with Crippen LogP contribution in [-0.4, -0.2) is 13.2 Å². The molecule has 1 aromatic heterocycles. The van der Waals surface area contributed by atoms with Gasteiger partial charge in [0.05, 0.1) is 8.81 Å². The summed E-state index contributed by atoms with van der Waals surface area (Å²) in [5, 5.41) is 3.25. The first-order chi connectivity index (χ1) is 9.15. The Balaban J connectivity index is 1.67. The molecular formula is C13H12BrClFNOS. The van der Waals surface area contributed by atoms with Crippen molar-refractivity contribution >= 4 is 38.9 Å². The second-order valence-corrected chi connectivity index (χ2v) is 6.46. The van der Waals surface area contributed by atoms with Gasteiger partial charge in [-0.2, -0.15) is 0 Å². The monoisotopic (exact) mass is 363 g/mol. The molecule has 1 aromatic carbocycles. The smallest absolute Gasteiger partial charge is 0.137 e. The highest BCUT2D eigenvalue weighted by Crippen LogP contribution is 2.22. The maximum atomic E-state index is 13.0. The SMILES string of the molecule is Fc1ccc(OCCNCc2ccc(Cl)s2)cc1Br. The number of hydrogen-bond acceptors (Lipinski definition) is 3. The first-order valence-electron chi connectivity index (χ1n) is 5.68. The predicted molar refractivity (Wildman–Crippen MR) is 80.6 cm³/mol. The molecule has 2 nitrogen and oxygen atoms in total. The van der Waals surface area contributed by atoms with E-state index >= 15 is 0 Å². The highest BCUT2D eigenvalue weighted by Gasteiger charge is 2.01. The Labute approximate surface area is 128 Å². The fraction of sp³-hybridized carbons (Fsp3) is 0.231. The van der Waals surface area contributed by atoms with Gasteiger partial charge < -0.3 is 10.1 Å². The van der Waals surface area contributed by atoms with Crippen LogP contribution in [0.3, 0.4) is 0 Å². The first kappa shape index (κ1) is 14.8. The molecule has 0 unspecified atom stereocenters. The third-order valence-electron chi connectivity index (χ3n) is 2.37. The van der Waals surface area contributed by atoms with Crippen LogP contribution in [-0.2, 0) is 6.54 Å². The third kappa shape index (κ3) is 4.76. The molecule has 102 valence electrons. The summed E-state index contributed by atoms with van der Waals surface area (Å²) >= 11 is 10.5. The van der Waals surface area contributed by atoms with Crippen LogP contribution in [0.4, 0.5) is 4.39 Å². The number of nitrogens with one attached hydrogen (secondary N) is 1. The zero-order valence-electron chi connectivity index (χ0n) is 9.96. The lowest BCUT2D eigenvalue weighted by molar-refractivity contribution is 0.313. The maximum Gasteiger partial charge on any atom is 0.137 e. The highest BCUT2D eigenvalue weighted by molar-refractivity contribution is 9.10. The van der Waals surface area contributed by atoms with Gasteiger partial charge in [-0.15, -0.1) is 11.3 Å². The molecule has 0 saturated carbocycles. The Bertz CT molecular complexity index is 549. The topological polar surface area (TPSA) is 21.3 Å². The minimum atomic E-state index is -0.292. The fourth-order valence-corrected chi connectivity index (χ4v) is 2.88. The number of benzene rings is 1. The fourth-order valence-electron chi connectivity index (χ4n) is 1.47. The van der Waals surface area contributed by atoms with Crippen molar-refractivity contribution < 1.29 is 9.13 Å². The van der Waals surface area contributed by atoms with E-state index in [1.165, 1.54) is 10.9 Å². The predicted octanol–water partition coefficient (Wildman–Crippen LogP) is 4.47. The average molecular weight is 365 g/mol. The second-order valence-electron chi connectivity index (χ2n) is 3.81. The Kier molecular flexibility index (Phi) is 5.63. The maximum absolute atomic E-state index is 13.0. The Hall–Kier alpha value is -0.620. The van der Waals surface area contributed by atoms with Gasteiger partial charge in [-0.05, 0) is 46.3 Å². The summed E-state index contributed by atoms with van der Waals surface area (Å²) in [6.45, 7) is 2.01. The molecule has 19 heavy (non-hydrogen) atoms. The van der Waals surface area contributed by atoms with Crippen molar-refractivity contribution in [3.63, 3.8) is 0 Å². The first-order valence-corrected chi connectivity index (χ1v) is 7.66. The standard InChI is InChI=1S/C13H12BrClFNOS/c14-11-7-9(1-3-12(11)16)18-6-5-17-8-10-2-4-13(15)19-10/h1-4,7,17H,5-6,8H2. The van der Waals surface area contributed by atoms with E-state index < -0.39 is 0 Å². The largest absolute Gasteiger partial charge is 0.492 e. The summed E-state index contributed by atoms with van der Waals surface area (Å²) in [4.78, 5) is 1.19. The number of ether oxygens (including phenoxy) is 1. The number of hydrogen-bond donors (Lipinski definition) is 1. The molecule has 2 aromatic rings. The van der Waals surface area contributed by atoms with Crippen LogP contribution in [0, 0.1) is 5.82 Å². The summed E-state index contributed by atoms with van der Waals surface area (Å²) < 4.78 is 19.7. The molecule has 0 aliphatic rings. The zero-order chi connectivity index (χ0) is 13.7. The van der Waals surface area contributed by atoms with Crippen LogP contribution in [0.15, 0.2) is 34.8 Å². The van der Waals surface area contributed by atoms with Gasteiger partial charge in [-0.25, -0.2) is 4.39 Å². The van der Waals surface area contributed by atoms with Crippen molar-refractivity contribution in [3.8, 4) is 5.75 Å². The van der Waals surface area contributed by atoms with E-state index in [4.69, 9.17) is 16.3 Å². The minimum Gasteiger partial charge on any atom is -0.492 e. The van der Waals surface area contributed by atoms with Crippen molar-refractivity contribution in [1.29, 1.82) is 0 Å². The van der Waals surface area contributed by atoms with Crippen LogP contribution in [0.25, 0.3) is 0 Å². The summed E-state index contributed by atoms with van der Waals surface area (Å²) in [5.41, 5.74) is 0. The minimum absolute atomic E-state index is 0.292. The van der Waals surface area contributed by atoms with Crippen molar-refractivity contribution in [1.82, 2.24) is 5.32 Å². The van der Waals surface area contributed by atoms with Crippen LogP contribution < -0.4 is 10.1 Å². The summed E-state index contributed by atoms with van der Waals surface area (Å²) in [7, 11) is 0. The summed E-state index contributed by atoms with van der Waals surface area (Å²) in [6.07, 6.45) is 0. The summed E-state index contributed by atoms with van der Waals surface area (Å²) in [6, 6.07) is 8.49. The van der Waals surface area contributed by atoms with E-state index in [2.05, 4.69) is 21.2 Å². The molecule has 0 spiro atoms. The normalized spacial score (nSPS) is 10.7. The van der Waals surface area contributed by atoms with Crippen LogP contribution in [0.2, 0.25) is 4.34 Å². The van der Waals surface area contributed by atoms with Gasteiger partial charge >= 0.3 is 0 Å². The highest BCUT2D eigenvalue weighted by atomic mass is 79.9. The van der Waals surface area contributed by atoms with Crippen LogP contribution in [0.1, 0.15) is 4.88 Å². The zero-order valence-corrected chi connectivity index (χ0v) is 13.1.